The number of hydrogen-bond acceptors (Lipinski definition) is 2. The second-order valence-electron chi connectivity index (χ2n) is 4.90. The first-order chi connectivity index (χ1) is 7.41. The lowest BCUT2D eigenvalue weighted by Crippen LogP contribution is -2.23. The Balaban J connectivity index is 2.54. The number of aromatic nitrogens is 2. The SMILES string of the molecule is Cc1nn(C)c(CCC(N)CC(C)C)c1Cl. The summed E-state index contributed by atoms with van der Waals surface area (Å²) in [7, 11) is 1.93. The molecule has 0 saturated heterocycles. The normalized spacial score (nSPS) is 13.4. The number of rotatable bonds is 5. The lowest BCUT2D eigenvalue weighted by atomic mass is 10.00. The molecule has 1 aromatic heterocycles. The van der Waals surface area contributed by atoms with E-state index in [9.17, 15) is 0 Å². The van der Waals surface area contributed by atoms with Crippen LogP contribution in [-0.2, 0) is 13.5 Å². The van der Waals surface area contributed by atoms with Gasteiger partial charge in [0.15, 0.2) is 0 Å². The molecule has 1 atom stereocenters. The van der Waals surface area contributed by atoms with Crippen molar-refractivity contribution in [1.82, 2.24) is 9.78 Å². The van der Waals surface area contributed by atoms with Gasteiger partial charge in [0.05, 0.1) is 16.4 Å². The van der Waals surface area contributed by atoms with Crippen LogP contribution in [-0.4, -0.2) is 15.8 Å². The number of nitrogens with zero attached hydrogens (tertiary/aromatic N) is 2. The topological polar surface area (TPSA) is 43.8 Å². The molecule has 0 aliphatic carbocycles. The van der Waals surface area contributed by atoms with E-state index in [0.29, 0.717) is 5.92 Å². The van der Waals surface area contributed by atoms with Crippen molar-refractivity contribution in [3.8, 4) is 0 Å². The molecule has 3 nitrogen and oxygen atoms in total. The summed E-state index contributed by atoms with van der Waals surface area (Å²) in [6.45, 7) is 6.32. The molecular formula is C12H22ClN3. The summed E-state index contributed by atoms with van der Waals surface area (Å²) in [5.41, 5.74) is 8.05. The van der Waals surface area contributed by atoms with Gasteiger partial charge in [-0.15, -0.1) is 0 Å². The molecular weight excluding hydrogens is 222 g/mol. The zero-order valence-corrected chi connectivity index (χ0v) is 11.4. The molecule has 1 unspecified atom stereocenters. The van der Waals surface area contributed by atoms with Crippen LogP contribution in [0.1, 0.15) is 38.1 Å². The Hall–Kier alpha value is -0.540. The smallest absolute Gasteiger partial charge is 0.0846 e. The van der Waals surface area contributed by atoms with Crippen molar-refractivity contribution in [1.29, 1.82) is 0 Å². The summed E-state index contributed by atoms with van der Waals surface area (Å²) < 4.78 is 1.86. The van der Waals surface area contributed by atoms with Crippen LogP contribution in [0.5, 0.6) is 0 Å². The monoisotopic (exact) mass is 243 g/mol. The van der Waals surface area contributed by atoms with Gasteiger partial charge in [0.2, 0.25) is 0 Å². The van der Waals surface area contributed by atoms with Crippen molar-refractivity contribution in [2.45, 2.75) is 46.1 Å². The summed E-state index contributed by atoms with van der Waals surface area (Å²) in [5, 5.41) is 5.08. The molecule has 0 aromatic carbocycles. The van der Waals surface area contributed by atoms with Gasteiger partial charge in [-0.25, -0.2) is 0 Å². The summed E-state index contributed by atoms with van der Waals surface area (Å²) in [6, 6.07) is 0.256. The van der Waals surface area contributed by atoms with Crippen LogP contribution in [0.25, 0.3) is 0 Å². The Morgan fingerprint density at radius 2 is 2.06 bits per heavy atom. The van der Waals surface area contributed by atoms with Crippen molar-refractivity contribution in [3.63, 3.8) is 0 Å². The summed E-state index contributed by atoms with van der Waals surface area (Å²) >= 11 is 6.18. The van der Waals surface area contributed by atoms with Crippen LogP contribution in [0, 0.1) is 12.8 Å². The zero-order valence-electron chi connectivity index (χ0n) is 10.6. The second-order valence-corrected chi connectivity index (χ2v) is 5.28. The molecule has 1 heterocycles. The lowest BCUT2D eigenvalue weighted by molar-refractivity contribution is 0.468. The van der Waals surface area contributed by atoms with Gasteiger partial charge in [-0.1, -0.05) is 25.4 Å². The largest absolute Gasteiger partial charge is 0.328 e. The van der Waals surface area contributed by atoms with Gasteiger partial charge in [0, 0.05) is 13.1 Å². The minimum atomic E-state index is 0.256. The van der Waals surface area contributed by atoms with Gasteiger partial charge in [0.25, 0.3) is 0 Å². The molecule has 1 rings (SSSR count). The highest BCUT2D eigenvalue weighted by Gasteiger charge is 2.13. The van der Waals surface area contributed by atoms with E-state index in [1.807, 2.05) is 18.7 Å². The van der Waals surface area contributed by atoms with E-state index in [1.165, 1.54) is 0 Å². The molecule has 0 aliphatic heterocycles. The first kappa shape index (κ1) is 13.5. The summed E-state index contributed by atoms with van der Waals surface area (Å²) in [4.78, 5) is 0. The molecule has 0 amide bonds. The lowest BCUT2D eigenvalue weighted by Gasteiger charge is -2.13. The molecule has 92 valence electrons. The Labute approximate surface area is 103 Å². The average molecular weight is 244 g/mol. The minimum Gasteiger partial charge on any atom is -0.328 e. The Morgan fingerprint density at radius 1 is 1.44 bits per heavy atom. The van der Waals surface area contributed by atoms with Crippen molar-refractivity contribution >= 4 is 11.6 Å². The maximum atomic E-state index is 6.18. The molecule has 0 fully saturated rings. The van der Waals surface area contributed by atoms with E-state index in [1.54, 1.807) is 0 Å². The maximum absolute atomic E-state index is 6.18. The molecule has 0 saturated carbocycles. The zero-order chi connectivity index (χ0) is 12.3. The second kappa shape index (κ2) is 5.69. The van der Waals surface area contributed by atoms with Crippen molar-refractivity contribution in [2.24, 2.45) is 18.7 Å². The van der Waals surface area contributed by atoms with Crippen molar-refractivity contribution in [3.05, 3.63) is 16.4 Å². The van der Waals surface area contributed by atoms with Crippen LogP contribution in [0.2, 0.25) is 5.02 Å². The fourth-order valence-corrected chi connectivity index (χ4v) is 2.25. The fourth-order valence-electron chi connectivity index (χ4n) is 2.00. The highest BCUT2D eigenvalue weighted by atomic mass is 35.5. The van der Waals surface area contributed by atoms with Gasteiger partial charge in [-0.3, -0.25) is 4.68 Å². The highest BCUT2D eigenvalue weighted by Crippen LogP contribution is 2.21. The highest BCUT2D eigenvalue weighted by molar-refractivity contribution is 6.31. The van der Waals surface area contributed by atoms with E-state index in [0.717, 1.165) is 35.7 Å². The Bertz CT molecular complexity index is 344. The van der Waals surface area contributed by atoms with Crippen molar-refractivity contribution < 1.29 is 0 Å². The Morgan fingerprint density at radius 3 is 2.50 bits per heavy atom. The molecule has 0 spiro atoms. The molecule has 0 bridgehead atoms. The summed E-state index contributed by atoms with van der Waals surface area (Å²) in [6.07, 6.45) is 2.94. The Kier molecular flexibility index (Phi) is 4.81. The summed E-state index contributed by atoms with van der Waals surface area (Å²) in [5.74, 6) is 0.652. The predicted octanol–water partition coefficient (Wildman–Crippen LogP) is 2.69. The quantitative estimate of drug-likeness (QED) is 0.864. The van der Waals surface area contributed by atoms with E-state index in [2.05, 4.69) is 18.9 Å². The fraction of sp³-hybridized carbons (Fsp3) is 0.750. The number of hydrogen-bond donors (Lipinski definition) is 1. The van der Waals surface area contributed by atoms with E-state index < -0.39 is 0 Å². The third kappa shape index (κ3) is 3.49. The van der Waals surface area contributed by atoms with Crippen LogP contribution in [0.4, 0.5) is 0 Å². The van der Waals surface area contributed by atoms with Crippen LogP contribution in [0.15, 0.2) is 0 Å². The van der Waals surface area contributed by atoms with Crippen LogP contribution < -0.4 is 5.73 Å². The van der Waals surface area contributed by atoms with E-state index in [4.69, 9.17) is 17.3 Å². The molecule has 16 heavy (non-hydrogen) atoms. The molecule has 2 N–H and O–H groups in total. The minimum absolute atomic E-state index is 0.256. The van der Waals surface area contributed by atoms with Gasteiger partial charge in [0.1, 0.15) is 0 Å². The first-order valence-corrected chi connectivity index (χ1v) is 6.23. The van der Waals surface area contributed by atoms with E-state index >= 15 is 0 Å². The average Bonchev–Trinajstić information content (AvgIpc) is 2.38. The third-order valence-corrected chi connectivity index (χ3v) is 3.28. The van der Waals surface area contributed by atoms with Gasteiger partial charge in [-0.2, -0.15) is 5.10 Å². The van der Waals surface area contributed by atoms with E-state index in [-0.39, 0.29) is 6.04 Å². The first-order valence-electron chi connectivity index (χ1n) is 5.85. The molecule has 4 heteroatoms. The number of halogens is 1. The number of aryl methyl sites for hydroxylation is 2. The predicted molar refractivity (Wildman–Crippen MR) is 68.7 cm³/mol. The molecule has 1 aromatic rings. The van der Waals surface area contributed by atoms with Crippen LogP contribution >= 0.6 is 11.6 Å². The molecule has 0 aliphatic rings. The van der Waals surface area contributed by atoms with Gasteiger partial charge < -0.3 is 5.73 Å². The third-order valence-electron chi connectivity index (χ3n) is 2.79. The molecule has 0 radical (unpaired) electrons. The maximum Gasteiger partial charge on any atom is 0.0846 e. The van der Waals surface area contributed by atoms with Gasteiger partial charge >= 0.3 is 0 Å². The van der Waals surface area contributed by atoms with Gasteiger partial charge in [-0.05, 0) is 32.1 Å². The number of nitrogens with two attached hydrogens (primary N) is 1. The van der Waals surface area contributed by atoms with Crippen molar-refractivity contribution in [2.75, 3.05) is 0 Å². The standard InChI is InChI=1S/C12H22ClN3/c1-8(2)7-10(14)5-6-11-12(13)9(3)15-16(11)4/h8,10H,5-7,14H2,1-4H3. The van der Waals surface area contributed by atoms with Crippen LogP contribution in [0.3, 0.4) is 0 Å².